The molecule has 4 rings (SSSR count). The number of benzene rings is 1. The number of fused-ring (bicyclic) bond motifs is 2. The van der Waals surface area contributed by atoms with Crippen LogP contribution in [0, 0.1) is 0 Å². The van der Waals surface area contributed by atoms with Gasteiger partial charge in [-0.3, -0.25) is 4.79 Å². The Morgan fingerprint density at radius 1 is 1.27 bits per heavy atom. The number of rotatable bonds is 3. The SMILES string of the molecule is O=C(Cc1coc2cc3c(cc12)CCC3)NC1CCCNC1. The number of nitrogens with one attached hydrogen (secondary N) is 2. The Morgan fingerprint density at radius 3 is 2.95 bits per heavy atom. The Morgan fingerprint density at radius 2 is 2.14 bits per heavy atom. The second kappa shape index (κ2) is 5.76. The van der Waals surface area contributed by atoms with Gasteiger partial charge in [-0.25, -0.2) is 0 Å². The molecule has 2 aliphatic rings. The van der Waals surface area contributed by atoms with Crippen molar-refractivity contribution in [2.24, 2.45) is 0 Å². The van der Waals surface area contributed by atoms with Gasteiger partial charge in [0.05, 0.1) is 12.7 Å². The maximum atomic E-state index is 12.3. The number of furan rings is 1. The van der Waals surface area contributed by atoms with Crippen LogP contribution >= 0.6 is 0 Å². The summed E-state index contributed by atoms with van der Waals surface area (Å²) in [6.07, 6.45) is 7.88. The summed E-state index contributed by atoms with van der Waals surface area (Å²) >= 11 is 0. The topological polar surface area (TPSA) is 54.3 Å². The molecule has 2 aromatic rings. The quantitative estimate of drug-likeness (QED) is 0.914. The van der Waals surface area contributed by atoms with E-state index in [2.05, 4.69) is 22.8 Å². The summed E-state index contributed by atoms with van der Waals surface area (Å²) in [5.41, 5.74) is 4.76. The van der Waals surface area contributed by atoms with Crippen LogP contribution in [0.4, 0.5) is 0 Å². The number of hydrogen-bond donors (Lipinski definition) is 2. The fourth-order valence-corrected chi connectivity index (χ4v) is 3.71. The molecule has 1 aromatic heterocycles. The van der Waals surface area contributed by atoms with Gasteiger partial charge in [-0.15, -0.1) is 0 Å². The second-order valence-corrected chi connectivity index (χ2v) is 6.52. The monoisotopic (exact) mass is 298 g/mol. The van der Waals surface area contributed by atoms with E-state index in [0.717, 1.165) is 55.3 Å². The van der Waals surface area contributed by atoms with E-state index < -0.39 is 0 Å². The van der Waals surface area contributed by atoms with Crippen molar-refractivity contribution >= 4 is 16.9 Å². The minimum absolute atomic E-state index is 0.0944. The Hall–Kier alpha value is -1.81. The maximum absolute atomic E-state index is 12.3. The highest BCUT2D eigenvalue weighted by molar-refractivity contribution is 5.88. The molecule has 0 radical (unpaired) electrons. The minimum atomic E-state index is 0.0944. The Balaban J connectivity index is 1.50. The highest BCUT2D eigenvalue weighted by Crippen LogP contribution is 2.30. The molecule has 22 heavy (non-hydrogen) atoms. The number of aryl methyl sites for hydroxylation is 2. The van der Waals surface area contributed by atoms with E-state index in [0.29, 0.717) is 6.42 Å². The summed E-state index contributed by atoms with van der Waals surface area (Å²) < 4.78 is 5.67. The van der Waals surface area contributed by atoms with E-state index in [4.69, 9.17) is 4.42 Å². The summed E-state index contributed by atoms with van der Waals surface area (Å²) in [5, 5.41) is 7.56. The molecule has 2 heterocycles. The first kappa shape index (κ1) is 13.8. The van der Waals surface area contributed by atoms with E-state index in [-0.39, 0.29) is 11.9 Å². The van der Waals surface area contributed by atoms with Crippen molar-refractivity contribution in [1.82, 2.24) is 10.6 Å². The van der Waals surface area contributed by atoms with Gasteiger partial charge in [-0.2, -0.15) is 0 Å². The second-order valence-electron chi connectivity index (χ2n) is 6.52. The molecule has 0 bridgehead atoms. The largest absolute Gasteiger partial charge is 0.464 e. The first-order valence-electron chi connectivity index (χ1n) is 8.31. The molecule has 1 aliphatic heterocycles. The number of carbonyl (C=O) groups is 1. The lowest BCUT2D eigenvalue weighted by molar-refractivity contribution is -0.121. The highest BCUT2D eigenvalue weighted by atomic mass is 16.3. The lowest BCUT2D eigenvalue weighted by atomic mass is 10.0. The third kappa shape index (κ3) is 2.63. The maximum Gasteiger partial charge on any atom is 0.224 e. The van der Waals surface area contributed by atoms with Gasteiger partial charge in [0, 0.05) is 23.5 Å². The summed E-state index contributed by atoms with van der Waals surface area (Å²) in [6.45, 7) is 1.94. The van der Waals surface area contributed by atoms with Gasteiger partial charge in [0.15, 0.2) is 0 Å². The van der Waals surface area contributed by atoms with Crippen molar-refractivity contribution < 1.29 is 9.21 Å². The van der Waals surface area contributed by atoms with E-state index in [1.165, 1.54) is 17.5 Å². The van der Waals surface area contributed by atoms with Crippen molar-refractivity contribution in [3.8, 4) is 0 Å². The predicted octanol–water partition coefficient (Wildman–Crippen LogP) is 2.33. The zero-order valence-corrected chi connectivity index (χ0v) is 12.8. The predicted molar refractivity (Wildman–Crippen MR) is 86.0 cm³/mol. The van der Waals surface area contributed by atoms with E-state index in [9.17, 15) is 4.79 Å². The lowest BCUT2D eigenvalue weighted by Gasteiger charge is -2.23. The molecule has 4 nitrogen and oxygen atoms in total. The molecule has 4 heteroatoms. The van der Waals surface area contributed by atoms with E-state index >= 15 is 0 Å². The Kier molecular flexibility index (Phi) is 3.62. The molecular weight excluding hydrogens is 276 g/mol. The molecule has 0 saturated carbocycles. The first-order valence-corrected chi connectivity index (χ1v) is 8.31. The molecule has 1 fully saturated rings. The zero-order valence-electron chi connectivity index (χ0n) is 12.8. The van der Waals surface area contributed by atoms with Crippen LogP contribution in [0.2, 0.25) is 0 Å². The van der Waals surface area contributed by atoms with Gasteiger partial charge in [-0.1, -0.05) is 0 Å². The Bertz CT molecular complexity index is 698. The van der Waals surface area contributed by atoms with E-state index in [1.807, 2.05) is 0 Å². The molecule has 1 amide bonds. The molecule has 1 aliphatic carbocycles. The average Bonchev–Trinajstić information content (AvgIpc) is 3.13. The normalized spacial score (nSPS) is 21.0. The van der Waals surface area contributed by atoms with Gasteiger partial charge in [0.2, 0.25) is 5.91 Å². The fourth-order valence-electron chi connectivity index (χ4n) is 3.71. The molecule has 1 atom stereocenters. The van der Waals surface area contributed by atoms with Crippen molar-refractivity contribution in [3.63, 3.8) is 0 Å². The highest BCUT2D eigenvalue weighted by Gasteiger charge is 2.19. The van der Waals surface area contributed by atoms with Crippen molar-refractivity contribution in [2.75, 3.05) is 13.1 Å². The van der Waals surface area contributed by atoms with Crippen molar-refractivity contribution in [1.29, 1.82) is 0 Å². The molecule has 0 spiro atoms. The molecule has 1 aromatic carbocycles. The van der Waals surface area contributed by atoms with E-state index in [1.54, 1.807) is 6.26 Å². The van der Waals surface area contributed by atoms with Crippen LogP contribution in [0.5, 0.6) is 0 Å². The lowest BCUT2D eigenvalue weighted by Crippen LogP contribution is -2.46. The van der Waals surface area contributed by atoms with Gasteiger partial charge in [0.1, 0.15) is 5.58 Å². The molecule has 1 unspecified atom stereocenters. The summed E-state index contributed by atoms with van der Waals surface area (Å²) in [6, 6.07) is 4.65. The molecule has 116 valence electrons. The van der Waals surface area contributed by atoms with Gasteiger partial charge >= 0.3 is 0 Å². The van der Waals surface area contributed by atoms with Crippen LogP contribution in [0.1, 0.15) is 36.0 Å². The number of hydrogen-bond acceptors (Lipinski definition) is 3. The average molecular weight is 298 g/mol. The van der Waals surface area contributed by atoms with Crippen LogP contribution in [0.25, 0.3) is 11.0 Å². The number of piperidine rings is 1. The van der Waals surface area contributed by atoms with Crippen molar-refractivity contribution in [3.05, 3.63) is 35.1 Å². The first-order chi connectivity index (χ1) is 10.8. The third-order valence-corrected chi connectivity index (χ3v) is 4.88. The van der Waals surface area contributed by atoms with Gasteiger partial charge in [-0.05, 0) is 61.9 Å². The minimum Gasteiger partial charge on any atom is -0.464 e. The molecule has 1 saturated heterocycles. The smallest absolute Gasteiger partial charge is 0.224 e. The summed E-state index contributed by atoms with van der Waals surface area (Å²) in [4.78, 5) is 12.3. The van der Waals surface area contributed by atoms with Crippen LogP contribution in [-0.4, -0.2) is 25.0 Å². The number of carbonyl (C=O) groups excluding carboxylic acids is 1. The zero-order chi connectivity index (χ0) is 14.9. The fraction of sp³-hybridized carbons (Fsp3) is 0.500. The van der Waals surface area contributed by atoms with Crippen LogP contribution in [-0.2, 0) is 24.1 Å². The van der Waals surface area contributed by atoms with Gasteiger partial charge < -0.3 is 15.1 Å². The Labute approximate surface area is 130 Å². The molecular formula is C18H22N2O2. The summed E-state index contributed by atoms with van der Waals surface area (Å²) in [7, 11) is 0. The van der Waals surface area contributed by atoms with Crippen LogP contribution in [0.15, 0.2) is 22.8 Å². The number of amides is 1. The van der Waals surface area contributed by atoms with Crippen LogP contribution < -0.4 is 10.6 Å². The van der Waals surface area contributed by atoms with Crippen LogP contribution in [0.3, 0.4) is 0 Å². The third-order valence-electron chi connectivity index (χ3n) is 4.88. The summed E-state index contributed by atoms with van der Waals surface area (Å²) in [5.74, 6) is 0.0944. The standard InChI is InChI=1S/C18H22N2O2/c21-18(20-15-5-2-6-19-10-15)9-14-11-22-17-8-13-4-1-3-12(13)7-16(14)17/h7-8,11,15,19H,1-6,9-10H2,(H,20,21). The van der Waals surface area contributed by atoms with Crippen molar-refractivity contribution in [2.45, 2.75) is 44.6 Å². The van der Waals surface area contributed by atoms with Gasteiger partial charge in [0.25, 0.3) is 0 Å². The molecule has 2 N–H and O–H groups in total.